The Bertz CT molecular complexity index is 1430. The van der Waals surface area contributed by atoms with Gasteiger partial charge in [0.25, 0.3) is 10.0 Å². The molecule has 166 valence electrons. The molecule has 0 unspecified atom stereocenters. The number of anilines is 1. The van der Waals surface area contributed by atoms with E-state index >= 15 is 0 Å². The Balaban J connectivity index is 1.54. The zero-order valence-electron chi connectivity index (χ0n) is 15.8. The van der Waals surface area contributed by atoms with Gasteiger partial charge in [-0.1, -0.05) is 12.1 Å². The van der Waals surface area contributed by atoms with E-state index in [4.69, 9.17) is 4.74 Å². The summed E-state index contributed by atoms with van der Waals surface area (Å²) < 4.78 is 74.6. The molecule has 4 rings (SSSR count). The minimum absolute atomic E-state index is 0.0779. The van der Waals surface area contributed by atoms with Crippen LogP contribution in [-0.2, 0) is 10.0 Å². The van der Waals surface area contributed by atoms with Crippen LogP contribution in [0.25, 0.3) is 11.2 Å². The number of nitrogens with one attached hydrogen (secondary N) is 3. The van der Waals surface area contributed by atoms with Crippen LogP contribution in [0.5, 0.6) is 17.2 Å². The Morgan fingerprint density at radius 2 is 1.66 bits per heavy atom. The minimum Gasteiger partial charge on any atom is -0.455 e. The van der Waals surface area contributed by atoms with E-state index in [1.54, 1.807) is 0 Å². The van der Waals surface area contributed by atoms with Crippen molar-refractivity contribution < 1.29 is 31.1 Å². The van der Waals surface area contributed by atoms with Crippen molar-refractivity contribution in [2.75, 3.05) is 4.72 Å². The van der Waals surface area contributed by atoms with Gasteiger partial charge in [-0.25, -0.2) is 18.2 Å². The number of sulfonamides is 1. The van der Waals surface area contributed by atoms with Crippen LogP contribution in [0.15, 0.2) is 70.5 Å². The van der Waals surface area contributed by atoms with Gasteiger partial charge in [0.2, 0.25) is 0 Å². The number of H-pyrrole nitrogens is 2. The van der Waals surface area contributed by atoms with Gasteiger partial charge in [-0.3, -0.25) is 9.71 Å². The number of benzene rings is 2. The first kappa shape index (κ1) is 21.2. The Morgan fingerprint density at radius 1 is 0.938 bits per heavy atom. The molecular weight excluding hydrogens is 453 g/mol. The first-order valence-electron chi connectivity index (χ1n) is 8.83. The first-order chi connectivity index (χ1) is 15.1. The summed E-state index contributed by atoms with van der Waals surface area (Å²) in [6.45, 7) is 0. The zero-order chi connectivity index (χ0) is 22.9. The maximum absolute atomic E-state index is 12.6. The number of aromatic nitrogens is 3. The lowest BCUT2D eigenvalue weighted by Gasteiger charge is -2.14. The summed E-state index contributed by atoms with van der Waals surface area (Å²) in [6.07, 6.45) is -3.61. The number of aromatic amines is 2. The molecule has 2 aromatic carbocycles. The van der Waals surface area contributed by atoms with Crippen molar-refractivity contribution >= 4 is 26.9 Å². The molecule has 2 aromatic heterocycles. The Morgan fingerprint density at radius 3 is 2.38 bits per heavy atom. The number of alkyl halides is 3. The van der Waals surface area contributed by atoms with Crippen LogP contribution in [0.3, 0.4) is 0 Å². The van der Waals surface area contributed by atoms with Gasteiger partial charge in [-0.05, 0) is 36.4 Å². The van der Waals surface area contributed by atoms with Gasteiger partial charge in [0.05, 0.1) is 0 Å². The third-order valence-electron chi connectivity index (χ3n) is 4.08. The van der Waals surface area contributed by atoms with Gasteiger partial charge in [-0.2, -0.15) is 0 Å². The van der Waals surface area contributed by atoms with Crippen molar-refractivity contribution in [1.82, 2.24) is 15.0 Å². The number of hydrogen-bond acceptors (Lipinski definition) is 6. The summed E-state index contributed by atoms with van der Waals surface area (Å²) in [5, 5.41) is 0. The lowest BCUT2D eigenvalue weighted by molar-refractivity contribution is -0.275. The standard InChI is InChI=1S/C19H13F3N4O5S/c20-19(21,22)31-13-3-1-2-4-15(13)32(28,29)26-11-5-7-12(8-6-11)30-14-9-10-23-17-16(14)24-18(27)25-17/h1-10,26H,(H2,23,24,25,27). The molecule has 0 aliphatic heterocycles. The highest BCUT2D eigenvalue weighted by atomic mass is 32.2. The molecule has 32 heavy (non-hydrogen) atoms. The maximum Gasteiger partial charge on any atom is 0.573 e. The van der Waals surface area contributed by atoms with Crippen LogP contribution in [0.2, 0.25) is 0 Å². The Labute approximate surface area is 177 Å². The predicted molar refractivity (Wildman–Crippen MR) is 107 cm³/mol. The molecule has 0 saturated heterocycles. The van der Waals surface area contributed by atoms with E-state index in [1.165, 1.54) is 48.7 Å². The van der Waals surface area contributed by atoms with E-state index in [9.17, 15) is 26.4 Å². The number of pyridine rings is 1. The number of hydrogen-bond donors (Lipinski definition) is 3. The van der Waals surface area contributed by atoms with E-state index in [2.05, 4.69) is 24.4 Å². The normalized spacial score (nSPS) is 12.0. The Kier molecular flexibility index (Phi) is 5.26. The van der Waals surface area contributed by atoms with Crippen molar-refractivity contribution in [3.05, 3.63) is 71.3 Å². The highest BCUT2D eigenvalue weighted by Crippen LogP contribution is 2.31. The van der Waals surface area contributed by atoms with Gasteiger partial charge < -0.3 is 14.5 Å². The summed E-state index contributed by atoms with van der Waals surface area (Å²) >= 11 is 0. The third-order valence-corrected chi connectivity index (χ3v) is 5.50. The van der Waals surface area contributed by atoms with Crippen molar-refractivity contribution in [2.24, 2.45) is 0 Å². The molecule has 2 heterocycles. The molecule has 0 bridgehead atoms. The van der Waals surface area contributed by atoms with Crippen LogP contribution in [-0.4, -0.2) is 29.7 Å². The molecular formula is C19H13F3N4O5S. The second-order valence-corrected chi connectivity index (χ2v) is 7.99. The number of imidazole rings is 1. The number of para-hydroxylation sites is 1. The molecule has 0 amide bonds. The van der Waals surface area contributed by atoms with Gasteiger partial charge in [0, 0.05) is 18.0 Å². The first-order valence-corrected chi connectivity index (χ1v) is 10.3. The molecule has 9 nitrogen and oxygen atoms in total. The zero-order valence-corrected chi connectivity index (χ0v) is 16.6. The summed E-state index contributed by atoms with van der Waals surface area (Å²) in [6, 6.07) is 11.5. The number of nitrogens with zero attached hydrogens (tertiary/aromatic N) is 1. The quantitative estimate of drug-likeness (QED) is 0.397. The molecule has 0 atom stereocenters. The summed E-state index contributed by atoms with van der Waals surface area (Å²) in [5.74, 6) is -0.238. The SMILES string of the molecule is O=c1[nH]c2nccc(Oc3ccc(NS(=O)(=O)c4ccccc4OC(F)(F)F)cc3)c2[nH]1. The second-order valence-electron chi connectivity index (χ2n) is 6.34. The maximum atomic E-state index is 12.6. The monoisotopic (exact) mass is 466 g/mol. The Hall–Kier alpha value is -4.00. The van der Waals surface area contributed by atoms with Crippen LogP contribution < -0.4 is 19.9 Å². The topological polar surface area (TPSA) is 126 Å². The fourth-order valence-corrected chi connectivity index (χ4v) is 3.99. The average molecular weight is 466 g/mol. The van der Waals surface area contributed by atoms with E-state index in [0.29, 0.717) is 22.7 Å². The van der Waals surface area contributed by atoms with Gasteiger partial charge >= 0.3 is 12.1 Å². The van der Waals surface area contributed by atoms with Crippen LogP contribution in [0.4, 0.5) is 18.9 Å². The molecule has 4 aromatic rings. The molecule has 0 saturated carbocycles. The van der Waals surface area contributed by atoms with Crippen molar-refractivity contribution in [1.29, 1.82) is 0 Å². The van der Waals surface area contributed by atoms with Crippen LogP contribution in [0.1, 0.15) is 0 Å². The summed E-state index contributed by atoms with van der Waals surface area (Å²) in [5.41, 5.74) is 0.275. The number of halogens is 3. The molecule has 3 N–H and O–H groups in total. The fourth-order valence-electron chi connectivity index (χ4n) is 2.81. The van der Waals surface area contributed by atoms with Crippen molar-refractivity contribution in [3.63, 3.8) is 0 Å². The average Bonchev–Trinajstić information content (AvgIpc) is 3.10. The second kappa shape index (κ2) is 7.92. The molecule has 0 fully saturated rings. The largest absolute Gasteiger partial charge is 0.573 e. The highest BCUT2D eigenvalue weighted by molar-refractivity contribution is 7.92. The van der Waals surface area contributed by atoms with Crippen molar-refractivity contribution in [3.8, 4) is 17.2 Å². The number of fused-ring (bicyclic) bond motifs is 1. The van der Waals surface area contributed by atoms with Crippen molar-refractivity contribution in [2.45, 2.75) is 11.3 Å². The van der Waals surface area contributed by atoms with E-state index in [-0.39, 0.29) is 5.69 Å². The molecule has 0 aliphatic rings. The molecule has 0 spiro atoms. The summed E-state index contributed by atoms with van der Waals surface area (Å²) in [4.78, 5) is 19.8. The van der Waals surface area contributed by atoms with Gasteiger partial charge in [0.1, 0.15) is 21.9 Å². The van der Waals surface area contributed by atoms with Crippen LogP contribution in [0, 0.1) is 0 Å². The van der Waals surface area contributed by atoms with Crippen LogP contribution >= 0.6 is 0 Å². The summed E-state index contributed by atoms with van der Waals surface area (Å²) in [7, 11) is -4.38. The number of ether oxygens (including phenoxy) is 2. The van der Waals surface area contributed by atoms with Gasteiger partial charge in [0.15, 0.2) is 11.4 Å². The molecule has 0 aliphatic carbocycles. The number of rotatable bonds is 6. The van der Waals surface area contributed by atoms with E-state index < -0.39 is 32.7 Å². The van der Waals surface area contributed by atoms with Gasteiger partial charge in [-0.15, -0.1) is 13.2 Å². The lowest BCUT2D eigenvalue weighted by atomic mass is 10.3. The highest BCUT2D eigenvalue weighted by Gasteiger charge is 2.34. The van der Waals surface area contributed by atoms with E-state index in [0.717, 1.165) is 12.1 Å². The minimum atomic E-state index is -5.05. The lowest BCUT2D eigenvalue weighted by Crippen LogP contribution is -2.20. The molecule has 0 radical (unpaired) electrons. The molecule has 13 heteroatoms. The fraction of sp³-hybridized carbons (Fsp3) is 0.0526. The third kappa shape index (κ3) is 4.67. The smallest absolute Gasteiger partial charge is 0.455 e. The predicted octanol–water partition coefficient (Wildman–Crippen LogP) is 3.74. The van der Waals surface area contributed by atoms with E-state index in [1.807, 2.05) is 0 Å².